The molecule has 1 saturated heterocycles. The lowest BCUT2D eigenvalue weighted by Crippen LogP contribution is -1.96. The molecule has 2 heterocycles. The number of benzene rings is 1. The summed E-state index contributed by atoms with van der Waals surface area (Å²) in [7, 11) is 1.78. The van der Waals surface area contributed by atoms with Gasteiger partial charge in [-0.15, -0.1) is 0 Å². The highest BCUT2D eigenvalue weighted by atomic mass is 16.7. The average Bonchev–Trinajstić information content (AvgIpc) is 3.03. The second kappa shape index (κ2) is 6.12. The molecule has 17 heavy (non-hydrogen) atoms. The van der Waals surface area contributed by atoms with Crippen LogP contribution in [0.5, 0.6) is 0 Å². The minimum absolute atomic E-state index is 0.129. The average molecular weight is 233 g/mol. The summed E-state index contributed by atoms with van der Waals surface area (Å²) in [5.41, 5.74) is 1.10. The number of ether oxygens (including phenoxy) is 2. The van der Waals surface area contributed by atoms with Crippen molar-refractivity contribution in [3.8, 4) is 0 Å². The van der Waals surface area contributed by atoms with Gasteiger partial charge in [0.25, 0.3) is 0 Å². The van der Waals surface area contributed by atoms with Crippen LogP contribution < -0.4 is 0 Å². The van der Waals surface area contributed by atoms with E-state index < -0.39 is 0 Å². The van der Waals surface area contributed by atoms with E-state index in [0.29, 0.717) is 13.2 Å². The zero-order chi connectivity index (χ0) is 11.9. The maximum Gasteiger partial charge on any atom is 0.184 e. The van der Waals surface area contributed by atoms with Crippen molar-refractivity contribution in [1.82, 2.24) is 15.0 Å². The molecule has 1 aromatic heterocycles. The molecule has 5 nitrogen and oxygen atoms in total. The lowest BCUT2D eigenvalue weighted by Gasteiger charge is -2.07. The smallest absolute Gasteiger partial charge is 0.184 e. The summed E-state index contributed by atoms with van der Waals surface area (Å²) in [4.78, 5) is 1.50. The molecular weight excluding hydrogens is 218 g/mol. The number of rotatable bonds is 1. The van der Waals surface area contributed by atoms with E-state index in [4.69, 9.17) is 9.47 Å². The third kappa shape index (κ3) is 3.65. The molecule has 0 bridgehead atoms. The summed E-state index contributed by atoms with van der Waals surface area (Å²) in [5, 5.41) is 7.44. The highest BCUT2D eigenvalue weighted by Crippen LogP contribution is 2.21. The highest BCUT2D eigenvalue weighted by Gasteiger charge is 2.16. The summed E-state index contributed by atoms with van der Waals surface area (Å²) in [5.74, 6) is 0. The highest BCUT2D eigenvalue weighted by molar-refractivity contribution is 5.16. The molecule has 1 aromatic carbocycles. The van der Waals surface area contributed by atoms with Gasteiger partial charge < -0.3 is 9.47 Å². The van der Waals surface area contributed by atoms with E-state index in [0.717, 1.165) is 5.56 Å². The first-order chi connectivity index (χ1) is 8.36. The Morgan fingerprint density at radius 3 is 2.12 bits per heavy atom. The van der Waals surface area contributed by atoms with Crippen LogP contribution in [-0.4, -0.2) is 28.2 Å². The third-order valence-electron chi connectivity index (χ3n) is 2.23. The van der Waals surface area contributed by atoms with Crippen LogP contribution in [0, 0.1) is 0 Å². The lowest BCUT2D eigenvalue weighted by molar-refractivity contribution is -0.0441. The fraction of sp³-hybridized carbons (Fsp3) is 0.333. The standard InChI is InChI=1S/C9H10O2.C3H5N3/c1-2-4-8(5-3-1)9-10-6-7-11-9;1-6-4-2-3-5-6/h1-5,9H,6-7H2;2-3H,1H3. The lowest BCUT2D eigenvalue weighted by atomic mass is 10.2. The molecular formula is C12H15N3O2. The van der Waals surface area contributed by atoms with Crippen molar-refractivity contribution in [3.05, 3.63) is 48.3 Å². The fourth-order valence-electron chi connectivity index (χ4n) is 1.44. The summed E-state index contributed by atoms with van der Waals surface area (Å²) in [6.07, 6.45) is 3.15. The van der Waals surface area contributed by atoms with Gasteiger partial charge in [0.15, 0.2) is 6.29 Å². The van der Waals surface area contributed by atoms with Crippen LogP contribution in [0.4, 0.5) is 0 Å². The maximum atomic E-state index is 5.32. The van der Waals surface area contributed by atoms with Gasteiger partial charge in [-0.3, -0.25) is 0 Å². The first kappa shape index (κ1) is 11.8. The summed E-state index contributed by atoms with van der Waals surface area (Å²) in [6, 6.07) is 9.98. The van der Waals surface area contributed by atoms with E-state index in [9.17, 15) is 0 Å². The van der Waals surface area contributed by atoms with Crippen LogP contribution in [0.25, 0.3) is 0 Å². The third-order valence-corrected chi connectivity index (χ3v) is 2.23. The molecule has 0 radical (unpaired) electrons. The number of aromatic nitrogens is 3. The molecule has 0 spiro atoms. The Morgan fingerprint density at radius 2 is 1.65 bits per heavy atom. The summed E-state index contributed by atoms with van der Waals surface area (Å²) in [6.45, 7) is 1.42. The van der Waals surface area contributed by atoms with Crippen LogP contribution in [0.1, 0.15) is 11.9 Å². The van der Waals surface area contributed by atoms with E-state index in [2.05, 4.69) is 10.2 Å². The molecule has 0 N–H and O–H groups in total. The number of aryl methyl sites for hydroxylation is 1. The van der Waals surface area contributed by atoms with E-state index in [1.54, 1.807) is 19.4 Å². The second-order valence-electron chi connectivity index (χ2n) is 3.50. The quantitative estimate of drug-likeness (QED) is 0.749. The topological polar surface area (TPSA) is 49.2 Å². The maximum absolute atomic E-state index is 5.32. The fourth-order valence-corrected chi connectivity index (χ4v) is 1.44. The van der Waals surface area contributed by atoms with E-state index in [-0.39, 0.29) is 6.29 Å². The van der Waals surface area contributed by atoms with E-state index in [1.165, 1.54) is 4.80 Å². The summed E-state index contributed by atoms with van der Waals surface area (Å²) >= 11 is 0. The predicted molar refractivity (Wildman–Crippen MR) is 62.1 cm³/mol. The van der Waals surface area contributed by atoms with Crippen LogP contribution in [0.15, 0.2) is 42.7 Å². The van der Waals surface area contributed by atoms with Gasteiger partial charge in [0.2, 0.25) is 0 Å². The Bertz CT molecular complexity index is 411. The molecule has 0 atom stereocenters. The Labute approximate surface area is 100.0 Å². The SMILES string of the molecule is Cn1nccn1.c1ccc(C2OCCO2)cc1. The van der Waals surface area contributed by atoms with Crippen molar-refractivity contribution >= 4 is 0 Å². The van der Waals surface area contributed by atoms with Crippen LogP contribution >= 0.6 is 0 Å². The van der Waals surface area contributed by atoms with Gasteiger partial charge >= 0.3 is 0 Å². The van der Waals surface area contributed by atoms with Gasteiger partial charge in [-0.25, -0.2) is 0 Å². The molecule has 0 saturated carbocycles. The van der Waals surface area contributed by atoms with Crippen molar-refractivity contribution in [2.24, 2.45) is 7.05 Å². The van der Waals surface area contributed by atoms with Gasteiger partial charge in [0.1, 0.15) is 0 Å². The molecule has 3 rings (SSSR count). The molecule has 0 amide bonds. The Morgan fingerprint density at radius 1 is 1.06 bits per heavy atom. The van der Waals surface area contributed by atoms with Gasteiger partial charge in [-0.1, -0.05) is 30.3 Å². The molecule has 0 unspecified atom stereocenters. The van der Waals surface area contributed by atoms with Crippen molar-refractivity contribution in [3.63, 3.8) is 0 Å². The largest absolute Gasteiger partial charge is 0.346 e. The Hall–Kier alpha value is -1.72. The summed E-state index contributed by atoms with van der Waals surface area (Å²) < 4.78 is 10.6. The molecule has 1 fully saturated rings. The molecule has 2 aromatic rings. The number of hydrogen-bond donors (Lipinski definition) is 0. The molecule has 5 heteroatoms. The van der Waals surface area contributed by atoms with Crippen molar-refractivity contribution < 1.29 is 9.47 Å². The molecule has 90 valence electrons. The minimum atomic E-state index is -0.129. The minimum Gasteiger partial charge on any atom is -0.346 e. The molecule has 0 aliphatic carbocycles. The Kier molecular flexibility index (Phi) is 4.23. The van der Waals surface area contributed by atoms with E-state index in [1.807, 2.05) is 30.3 Å². The first-order valence-electron chi connectivity index (χ1n) is 5.45. The van der Waals surface area contributed by atoms with Crippen LogP contribution in [0.2, 0.25) is 0 Å². The van der Waals surface area contributed by atoms with Gasteiger partial charge in [0.05, 0.1) is 25.6 Å². The molecule has 1 aliphatic rings. The first-order valence-corrected chi connectivity index (χ1v) is 5.45. The van der Waals surface area contributed by atoms with Gasteiger partial charge in [-0.2, -0.15) is 15.0 Å². The Balaban J connectivity index is 0.000000153. The van der Waals surface area contributed by atoms with Crippen molar-refractivity contribution in [2.45, 2.75) is 6.29 Å². The van der Waals surface area contributed by atoms with Crippen LogP contribution in [-0.2, 0) is 16.5 Å². The molecule has 1 aliphatic heterocycles. The number of nitrogens with zero attached hydrogens (tertiary/aromatic N) is 3. The second-order valence-corrected chi connectivity index (χ2v) is 3.50. The van der Waals surface area contributed by atoms with Crippen molar-refractivity contribution in [2.75, 3.05) is 13.2 Å². The monoisotopic (exact) mass is 233 g/mol. The zero-order valence-corrected chi connectivity index (χ0v) is 9.69. The normalized spacial score (nSPS) is 15.4. The zero-order valence-electron chi connectivity index (χ0n) is 9.69. The van der Waals surface area contributed by atoms with Gasteiger partial charge in [0, 0.05) is 12.6 Å². The van der Waals surface area contributed by atoms with Crippen LogP contribution in [0.3, 0.4) is 0 Å². The van der Waals surface area contributed by atoms with Crippen molar-refractivity contribution in [1.29, 1.82) is 0 Å². The predicted octanol–water partition coefficient (Wildman–Crippen LogP) is 1.55. The van der Waals surface area contributed by atoms with Gasteiger partial charge in [-0.05, 0) is 0 Å². The van der Waals surface area contributed by atoms with E-state index >= 15 is 0 Å². The number of hydrogen-bond acceptors (Lipinski definition) is 4.